The maximum absolute atomic E-state index is 13.9. The highest BCUT2D eigenvalue weighted by atomic mass is 35.5. The van der Waals surface area contributed by atoms with Crippen LogP contribution in [-0.2, 0) is 31.9 Å². The summed E-state index contributed by atoms with van der Waals surface area (Å²) in [5.41, 5.74) is -0.595. The first-order valence-corrected chi connectivity index (χ1v) is 16.9. The Morgan fingerprint density at radius 2 is 1.13 bits per heavy atom. The zero-order valence-electron chi connectivity index (χ0n) is 28.3. The molecule has 0 aromatic heterocycles. The minimum atomic E-state index is -2.90. The molecule has 2 aliphatic heterocycles. The van der Waals surface area contributed by atoms with Gasteiger partial charge in [0.2, 0.25) is 0 Å². The van der Waals surface area contributed by atoms with Crippen molar-refractivity contribution < 1.29 is 66.6 Å². The van der Waals surface area contributed by atoms with Crippen molar-refractivity contribution in [3.8, 4) is 23.0 Å². The number of carbonyl (C=O) groups excluding carboxylic acids is 4. The minimum absolute atomic E-state index is 0.0232. The number of rotatable bonds is 0. The average Bonchev–Trinajstić information content (AvgIpc) is 3.77. The van der Waals surface area contributed by atoms with E-state index in [9.17, 15) is 57.2 Å². The number of halogens is 5. The van der Waals surface area contributed by atoms with Crippen LogP contribution in [0, 0.1) is 23.7 Å². The number of phenols is 4. The van der Waals surface area contributed by atoms with Gasteiger partial charge >= 0.3 is 11.9 Å². The second-order valence-corrected chi connectivity index (χ2v) is 13.8. The third-order valence-electron chi connectivity index (χ3n) is 9.37. The number of ketones is 2. The second-order valence-electron chi connectivity index (χ2n) is 13.4. The van der Waals surface area contributed by atoms with E-state index in [1.54, 1.807) is 0 Å². The third-order valence-corrected chi connectivity index (χ3v) is 9.79. The van der Waals surface area contributed by atoms with E-state index in [0.717, 1.165) is 18.2 Å². The van der Waals surface area contributed by atoms with Crippen molar-refractivity contribution in [3.05, 3.63) is 94.1 Å². The van der Waals surface area contributed by atoms with Crippen LogP contribution in [0.4, 0.5) is 17.6 Å². The molecule has 0 bridgehead atoms. The summed E-state index contributed by atoms with van der Waals surface area (Å²) < 4.78 is 65.8. The Kier molecular flexibility index (Phi) is 11.1. The molecule has 2 aromatic carbocycles. The van der Waals surface area contributed by atoms with Crippen LogP contribution in [0.15, 0.2) is 66.8 Å². The minimum Gasteiger partial charge on any atom is -0.508 e. The zero-order valence-corrected chi connectivity index (χ0v) is 29.0. The first kappa shape index (κ1) is 39.1. The van der Waals surface area contributed by atoms with Crippen LogP contribution in [0.1, 0.15) is 58.5 Å². The SMILES string of the molecule is C[C@@H]1C[C@@H]2[C@@H](/C=C\C=C\C(=O)Cc3c(Cl)c(O)cc(O)c3C(=O)O1)C2(F)F.C[C@@H]1C[C@@H]2[C@@H](/C=C\C=C\C(=O)Cc3cc(O)cc(O)c3C(=O)O1)C2(F)F. The van der Waals surface area contributed by atoms with Crippen molar-refractivity contribution in [2.75, 3.05) is 0 Å². The van der Waals surface area contributed by atoms with Gasteiger partial charge in [-0.1, -0.05) is 48.1 Å². The molecule has 0 radical (unpaired) electrons. The van der Waals surface area contributed by atoms with Gasteiger partial charge in [-0.15, -0.1) is 0 Å². The monoisotopic (exact) mass is 762 g/mol. The van der Waals surface area contributed by atoms with Crippen LogP contribution >= 0.6 is 11.6 Å². The Morgan fingerprint density at radius 3 is 1.66 bits per heavy atom. The lowest BCUT2D eigenvalue weighted by atomic mass is 10.00. The molecule has 53 heavy (non-hydrogen) atoms. The van der Waals surface area contributed by atoms with E-state index in [-0.39, 0.29) is 58.7 Å². The molecule has 0 amide bonds. The Hall–Kier alpha value is -5.11. The second kappa shape index (κ2) is 15.1. The van der Waals surface area contributed by atoms with Crippen LogP contribution in [-0.4, -0.2) is 68.0 Å². The van der Waals surface area contributed by atoms with E-state index in [0.29, 0.717) is 0 Å². The van der Waals surface area contributed by atoms with E-state index in [2.05, 4.69) is 0 Å². The lowest BCUT2D eigenvalue weighted by Gasteiger charge is -2.17. The quantitative estimate of drug-likeness (QED) is 0.163. The van der Waals surface area contributed by atoms with Crippen molar-refractivity contribution >= 4 is 35.1 Å². The number of esters is 2. The van der Waals surface area contributed by atoms with Gasteiger partial charge in [0.15, 0.2) is 11.6 Å². The van der Waals surface area contributed by atoms with Crippen molar-refractivity contribution in [3.63, 3.8) is 0 Å². The van der Waals surface area contributed by atoms with Crippen molar-refractivity contribution in [2.24, 2.45) is 23.7 Å². The van der Waals surface area contributed by atoms with Gasteiger partial charge in [0.1, 0.15) is 34.1 Å². The van der Waals surface area contributed by atoms with Crippen molar-refractivity contribution in [1.82, 2.24) is 0 Å². The highest BCUT2D eigenvalue weighted by molar-refractivity contribution is 6.33. The van der Waals surface area contributed by atoms with Gasteiger partial charge in [-0.05, 0) is 50.5 Å². The molecule has 0 unspecified atom stereocenters. The van der Waals surface area contributed by atoms with E-state index in [1.807, 2.05) is 0 Å². The van der Waals surface area contributed by atoms with Gasteiger partial charge in [0.05, 0.1) is 29.1 Å². The molecule has 6 atom stereocenters. The molecule has 2 fully saturated rings. The number of carbonyl (C=O) groups is 4. The molecule has 4 aliphatic rings. The van der Waals surface area contributed by atoms with E-state index in [1.165, 1.54) is 62.4 Å². The molecule has 282 valence electrons. The number of ether oxygens (including phenoxy) is 2. The Morgan fingerprint density at radius 1 is 0.660 bits per heavy atom. The molecule has 0 spiro atoms. The smallest absolute Gasteiger partial charge is 0.342 e. The number of fused-ring (bicyclic) bond motifs is 4. The standard InChI is InChI=1S/C19H17ClF2O5.C19H18F2O5/c1-9-6-13-12(19(13,21)22)5-3-2-4-10(23)7-11-16(18(26)27-9)14(24)8-15(25)17(11)20;1-10-6-15-14(19(15,20)21)5-3-2-4-12(22)7-11-8-13(23)9-16(24)17(11)18(25)26-10/h2-5,8-9,12-13,24-25H,6-7H2,1H3;2-5,8-10,14-15,23-24H,6-7H2,1H3/b2*4-2+,5-3-/t9-,12-,13-;10-,14-,15-/m11/s1. The number of alkyl halides is 4. The number of hydrogen-bond donors (Lipinski definition) is 4. The molecule has 4 N–H and O–H groups in total. The molecular weight excluding hydrogens is 728 g/mol. The molecule has 0 saturated heterocycles. The number of allylic oxidation sites excluding steroid dienone is 8. The Balaban J connectivity index is 0.000000204. The molecule has 2 aliphatic carbocycles. The molecule has 2 aromatic rings. The Bertz CT molecular complexity index is 1950. The normalized spacial score (nSPS) is 30.0. The van der Waals surface area contributed by atoms with Gasteiger partial charge in [-0.3, -0.25) is 9.59 Å². The summed E-state index contributed by atoms with van der Waals surface area (Å²) in [6.07, 6.45) is 8.12. The topological polar surface area (TPSA) is 168 Å². The van der Waals surface area contributed by atoms with Crippen LogP contribution in [0.25, 0.3) is 0 Å². The number of phenolic OH excluding ortho intramolecular Hbond substituents is 4. The summed E-state index contributed by atoms with van der Waals surface area (Å²) >= 11 is 6.01. The fourth-order valence-electron chi connectivity index (χ4n) is 6.56. The predicted molar refractivity (Wildman–Crippen MR) is 181 cm³/mol. The summed E-state index contributed by atoms with van der Waals surface area (Å²) in [7, 11) is 0. The van der Waals surface area contributed by atoms with Crippen molar-refractivity contribution in [1.29, 1.82) is 0 Å². The number of hydrogen-bond acceptors (Lipinski definition) is 10. The highest BCUT2D eigenvalue weighted by Crippen LogP contribution is 2.59. The van der Waals surface area contributed by atoms with Gasteiger partial charge in [0.25, 0.3) is 11.8 Å². The lowest BCUT2D eigenvalue weighted by Crippen LogP contribution is -2.19. The first-order chi connectivity index (χ1) is 24.8. The third kappa shape index (κ3) is 8.59. The van der Waals surface area contributed by atoms with Gasteiger partial charge in [-0.2, -0.15) is 0 Å². The van der Waals surface area contributed by atoms with Crippen LogP contribution in [0.2, 0.25) is 5.02 Å². The summed E-state index contributed by atoms with van der Waals surface area (Å²) in [6.45, 7) is 2.98. The molecule has 15 heteroatoms. The number of aromatic hydroxyl groups is 4. The average molecular weight is 763 g/mol. The largest absolute Gasteiger partial charge is 0.508 e. The van der Waals surface area contributed by atoms with Crippen LogP contribution < -0.4 is 0 Å². The highest BCUT2D eigenvalue weighted by Gasteiger charge is 2.67. The first-order valence-electron chi connectivity index (χ1n) is 16.5. The fraction of sp³-hybridized carbons (Fsp3) is 0.368. The molecule has 2 saturated carbocycles. The summed E-state index contributed by atoms with van der Waals surface area (Å²) in [5, 5.41) is 39.2. The Labute approximate surface area is 305 Å². The zero-order chi connectivity index (χ0) is 39.0. The lowest BCUT2D eigenvalue weighted by molar-refractivity contribution is -0.114. The van der Waals surface area contributed by atoms with E-state index in [4.69, 9.17) is 21.1 Å². The van der Waals surface area contributed by atoms with Crippen molar-refractivity contribution in [2.45, 2.75) is 63.6 Å². The maximum Gasteiger partial charge on any atom is 0.342 e. The molecular formula is C38H35ClF4O10. The number of benzene rings is 2. The summed E-state index contributed by atoms with van der Waals surface area (Å²) in [4.78, 5) is 49.1. The van der Waals surface area contributed by atoms with Gasteiger partial charge in [-0.25, -0.2) is 27.2 Å². The predicted octanol–water partition coefficient (Wildman–Crippen LogP) is 6.96. The van der Waals surface area contributed by atoms with E-state index < -0.39 is 88.5 Å². The van der Waals surface area contributed by atoms with Gasteiger partial charge < -0.3 is 29.9 Å². The molecule has 2 heterocycles. The summed E-state index contributed by atoms with van der Waals surface area (Å²) in [6, 6.07) is 3.02. The molecule has 6 rings (SSSR count). The van der Waals surface area contributed by atoms with E-state index >= 15 is 0 Å². The maximum atomic E-state index is 13.9. The number of cyclic esters (lactones) is 2. The molecule has 10 nitrogen and oxygen atoms in total. The van der Waals surface area contributed by atoms with Crippen LogP contribution in [0.3, 0.4) is 0 Å². The van der Waals surface area contributed by atoms with Gasteiger partial charge in [0, 0.05) is 42.4 Å². The fourth-order valence-corrected chi connectivity index (χ4v) is 6.77. The summed E-state index contributed by atoms with van der Waals surface area (Å²) in [5.74, 6) is -14.4. The van der Waals surface area contributed by atoms with Crippen LogP contribution in [0.5, 0.6) is 23.0 Å².